The quantitative estimate of drug-likeness (QED) is 0.773. The van der Waals surface area contributed by atoms with Gasteiger partial charge in [0.1, 0.15) is 0 Å². The molecule has 21 heavy (non-hydrogen) atoms. The molecule has 2 rings (SSSR count). The Labute approximate surface area is 122 Å². The highest BCUT2D eigenvalue weighted by Gasteiger charge is 2.16. The summed E-state index contributed by atoms with van der Waals surface area (Å²) in [6.45, 7) is 1.73. The predicted octanol–water partition coefficient (Wildman–Crippen LogP) is 2.01. The number of carboxylic acids is 1. The van der Waals surface area contributed by atoms with Gasteiger partial charge in [-0.15, -0.1) is 0 Å². The van der Waals surface area contributed by atoms with E-state index in [4.69, 9.17) is 5.11 Å². The first kappa shape index (κ1) is 15.0. The lowest BCUT2D eigenvalue weighted by Gasteiger charge is -2.18. The second-order valence-electron chi connectivity index (χ2n) is 5.38. The van der Waals surface area contributed by atoms with E-state index in [9.17, 15) is 14.4 Å². The monoisotopic (exact) mass is 290 g/mol. The van der Waals surface area contributed by atoms with Crippen LogP contribution < -0.4 is 10.6 Å². The molecular weight excluding hydrogens is 272 g/mol. The molecule has 0 aliphatic carbocycles. The number of carbonyl (C=O) groups is 3. The summed E-state index contributed by atoms with van der Waals surface area (Å²) in [4.78, 5) is 33.7. The van der Waals surface area contributed by atoms with Gasteiger partial charge in [0.25, 0.3) is 0 Å². The number of nitrogens with one attached hydrogen (secondary N) is 2. The van der Waals surface area contributed by atoms with E-state index in [1.54, 1.807) is 19.1 Å². The minimum atomic E-state index is -0.903. The van der Waals surface area contributed by atoms with Gasteiger partial charge in [-0.2, -0.15) is 0 Å². The van der Waals surface area contributed by atoms with Crippen LogP contribution in [0.25, 0.3) is 0 Å². The summed E-state index contributed by atoms with van der Waals surface area (Å²) < 4.78 is 0. The van der Waals surface area contributed by atoms with Gasteiger partial charge in [-0.3, -0.25) is 14.4 Å². The van der Waals surface area contributed by atoms with Gasteiger partial charge in [-0.1, -0.05) is 6.92 Å². The number of aliphatic carboxylic acids is 1. The Morgan fingerprint density at radius 1 is 1.33 bits per heavy atom. The van der Waals surface area contributed by atoms with Crippen LogP contribution in [0.5, 0.6) is 0 Å². The first-order chi connectivity index (χ1) is 9.94. The zero-order valence-electron chi connectivity index (χ0n) is 11.8. The van der Waals surface area contributed by atoms with Gasteiger partial charge in [-0.25, -0.2) is 0 Å². The molecule has 2 amide bonds. The fraction of sp³-hybridized carbons (Fsp3) is 0.400. The van der Waals surface area contributed by atoms with Gasteiger partial charge in [0.15, 0.2) is 0 Å². The maximum Gasteiger partial charge on any atom is 0.303 e. The molecule has 1 atom stereocenters. The fourth-order valence-electron chi connectivity index (χ4n) is 2.36. The molecule has 1 aliphatic rings. The number of anilines is 2. The third kappa shape index (κ3) is 4.30. The summed E-state index contributed by atoms with van der Waals surface area (Å²) in [7, 11) is 0. The van der Waals surface area contributed by atoms with Gasteiger partial charge in [-0.05, 0) is 36.1 Å². The molecule has 1 aliphatic heterocycles. The highest BCUT2D eigenvalue weighted by Crippen LogP contribution is 2.25. The molecule has 0 saturated heterocycles. The molecule has 1 aromatic rings. The molecular formula is C15H18N2O4. The van der Waals surface area contributed by atoms with Gasteiger partial charge in [0.05, 0.1) is 0 Å². The van der Waals surface area contributed by atoms with Crippen molar-refractivity contribution in [2.75, 3.05) is 10.6 Å². The standard InChI is InChI=1S/C15H18N2O4/c1-9(7-15(20)21)6-14(19)16-11-3-4-12-10(8-11)2-5-13(18)17-12/h3-4,8-9H,2,5-7H2,1H3,(H,16,19)(H,17,18)(H,20,21)/t9-/m1/s1. The number of aryl methyl sites for hydroxylation is 1. The number of hydrogen-bond acceptors (Lipinski definition) is 3. The van der Waals surface area contributed by atoms with E-state index in [1.165, 1.54) is 0 Å². The second kappa shape index (κ2) is 6.39. The summed E-state index contributed by atoms with van der Waals surface area (Å²) in [6.07, 6.45) is 1.24. The Balaban J connectivity index is 1.95. The van der Waals surface area contributed by atoms with Crippen molar-refractivity contribution in [1.82, 2.24) is 0 Å². The van der Waals surface area contributed by atoms with E-state index in [2.05, 4.69) is 10.6 Å². The fourth-order valence-corrected chi connectivity index (χ4v) is 2.36. The average Bonchev–Trinajstić information content (AvgIpc) is 2.37. The van der Waals surface area contributed by atoms with Crippen molar-refractivity contribution in [3.63, 3.8) is 0 Å². The normalized spacial score (nSPS) is 14.8. The topological polar surface area (TPSA) is 95.5 Å². The van der Waals surface area contributed by atoms with Crippen LogP contribution in [0.3, 0.4) is 0 Å². The molecule has 6 nitrogen and oxygen atoms in total. The molecule has 0 aromatic heterocycles. The van der Waals surface area contributed by atoms with Crippen molar-refractivity contribution < 1.29 is 19.5 Å². The Kier molecular flexibility index (Phi) is 4.57. The summed E-state index contributed by atoms with van der Waals surface area (Å²) in [5.41, 5.74) is 2.44. The van der Waals surface area contributed by atoms with Crippen LogP contribution in [0, 0.1) is 5.92 Å². The number of rotatable bonds is 5. The highest BCUT2D eigenvalue weighted by atomic mass is 16.4. The third-order valence-electron chi connectivity index (χ3n) is 3.34. The van der Waals surface area contributed by atoms with Crippen molar-refractivity contribution in [2.24, 2.45) is 5.92 Å². The second-order valence-corrected chi connectivity index (χ2v) is 5.38. The predicted molar refractivity (Wildman–Crippen MR) is 78.1 cm³/mol. The molecule has 0 unspecified atom stereocenters. The lowest BCUT2D eigenvalue weighted by atomic mass is 10.0. The Morgan fingerprint density at radius 3 is 2.81 bits per heavy atom. The maximum atomic E-state index is 11.9. The van der Waals surface area contributed by atoms with E-state index in [-0.39, 0.29) is 30.6 Å². The molecule has 0 radical (unpaired) electrons. The van der Waals surface area contributed by atoms with Crippen LogP contribution in [0.1, 0.15) is 31.7 Å². The third-order valence-corrected chi connectivity index (χ3v) is 3.34. The van der Waals surface area contributed by atoms with E-state index >= 15 is 0 Å². The van der Waals surface area contributed by atoms with E-state index < -0.39 is 5.97 Å². The van der Waals surface area contributed by atoms with Gasteiger partial charge in [0, 0.05) is 30.6 Å². The first-order valence-corrected chi connectivity index (χ1v) is 6.88. The number of fused-ring (bicyclic) bond motifs is 1. The van der Waals surface area contributed by atoms with Crippen LogP contribution in [-0.2, 0) is 20.8 Å². The summed E-state index contributed by atoms with van der Waals surface area (Å²) in [5, 5.41) is 14.2. The maximum absolute atomic E-state index is 11.9. The number of benzene rings is 1. The zero-order chi connectivity index (χ0) is 15.4. The van der Waals surface area contributed by atoms with Crippen molar-refractivity contribution in [2.45, 2.75) is 32.6 Å². The SMILES string of the molecule is C[C@@H](CC(=O)O)CC(=O)Nc1ccc2c(c1)CCC(=O)N2. The summed E-state index contributed by atoms with van der Waals surface area (Å²) >= 11 is 0. The Hall–Kier alpha value is -2.37. The van der Waals surface area contributed by atoms with Gasteiger partial charge in [0.2, 0.25) is 11.8 Å². The molecule has 112 valence electrons. The van der Waals surface area contributed by atoms with Crippen LogP contribution in [-0.4, -0.2) is 22.9 Å². The van der Waals surface area contributed by atoms with Crippen LogP contribution in [0.4, 0.5) is 11.4 Å². The van der Waals surface area contributed by atoms with Crippen LogP contribution in [0.15, 0.2) is 18.2 Å². The lowest BCUT2D eigenvalue weighted by Crippen LogP contribution is -2.20. The van der Waals surface area contributed by atoms with Crippen molar-refractivity contribution in [3.8, 4) is 0 Å². The van der Waals surface area contributed by atoms with Crippen LogP contribution >= 0.6 is 0 Å². The van der Waals surface area contributed by atoms with Crippen molar-refractivity contribution in [1.29, 1.82) is 0 Å². The number of hydrogen-bond donors (Lipinski definition) is 3. The van der Waals surface area contributed by atoms with Crippen LogP contribution in [0.2, 0.25) is 0 Å². The molecule has 0 bridgehead atoms. The molecule has 1 aromatic carbocycles. The van der Waals surface area contributed by atoms with Crippen molar-refractivity contribution >= 4 is 29.2 Å². The molecule has 0 fully saturated rings. The van der Waals surface area contributed by atoms with Gasteiger partial charge >= 0.3 is 5.97 Å². The average molecular weight is 290 g/mol. The number of amides is 2. The smallest absolute Gasteiger partial charge is 0.303 e. The Morgan fingerprint density at radius 2 is 2.10 bits per heavy atom. The largest absolute Gasteiger partial charge is 0.481 e. The first-order valence-electron chi connectivity index (χ1n) is 6.88. The van der Waals surface area contributed by atoms with E-state index in [0.717, 1.165) is 11.3 Å². The molecule has 0 spiro atoms. The minimum Gasteiger partial charge on any atom is -0.481 e. The Bertz CT molecular complexity index is 583. The number of carboxylic acid groups (broad SMARTS) is 1. The van der Waals surface area contributed by atoms with E-state index in [0.29, 0.717) is 18.5 Å². The summed E-state index contributed by atoms with van der Waals surface area (Å²) in [6, 6.07) is 5.33. The zero-order valence-corrected chi connectivity index (χ0v) is 11.8. The van der Waals surface area contributed by atoms with E-state index in [1.807, 2.05) is 6.07 Å². The molecule has 3 N–H and O–H groups in total. The molecule has 0 saturated carbocycles. The van der Waals surface area contributed by atoms with Gasteiger partial charge < -0.3 is 15.7 Å². The highest BCUT2D eigenvalue weighted by molar-refractivity contribution is 5.95. The lowest BCUT2D eigenvalue weighted by molar-refractivity contribution is -0.138. The number of carbonyl (C=O) groups excluding carboxylic acids is 2. The van der Waals surface area contributed by atoms with Crippen molar-refractivity contribution in [3.05, 3.63) is 23.8 Å². The molecule has 1 heterocycles. The minimum absolute atomic E-state index is 0.00165. The molecule has 6 heteroatoms. The summed E-state index contributed by atoms with van der Waals surface area (Å²) in [5.74, 6) is -1.32.